The topological polar surface area (TPSA) is 92.3 Å². The number of carbonyl (C=O) groups excluding carboxylic acids is 1. The summed E-state index contributed by atoms with van der Waals surface area (Å²) >= 11 is 7.61. The summed E-state index contributed by atoms with van der Waals surface area (Å²) < 4.78 is 28.2. The average molecular weight is 505 g/mol. The number of benzene rings is 2. The average Bonchev–Trinajstić information content (AvgIpc) is 3.27. The van der Waals surface area contributed by atoms with Gasteiger partial charge in [-0.2, -0.15) is 4.31 Å². The van der Waals surface area contributed by atoms with Gasteiger partial charge in [0.15, 0.2) is 0 Å². The van der Waals surface area contributed by atoms with Crippen molar-refractivity contribution in [3.05, 3.63) is 69.2 Å². The van der Waals surface area contributed by atoms with Crippen LogP contribution in [0.1, 0.15) is 59.1 Å². The van der Waals surface area contributed by atoms with E-state index in [0.717, 1.165) is 29.0 Å². The van der Waals surface area contributed by atoms with Crippen LogP contribution in [0.4, 0.5) is 5.13 Å². The summed E-state index contributed by atoms with van der Waals surface area (Å²) in [7, 11) is -3.88. The molecule has 3 aromatic rings. The first-order valence-electron chi connectivity index (χ1n) is 10.8. The van der Waals surface area contributed by atoms with Crippen LogP contribution >= 0.6 is 22.9 Å². The second-order valence-corrected chi connectivity index (χ2v) is 11.2. The molecule has 0 saturated carbocycles. The van der Waals surface area contributed by atoms with Gasteiger partial charge in [-0.1, -0.05) is 61.1 Å². The van der Waals surface area contributed by atoms with Gasteiger partial charge in [0, 0.05) is 24.6 Å². The standard InChI is InChI=1S/C23H25ClN4O3S2/c1-3-15(4-2)22-26-27-23(32-22)25-21(29)17-9-10-19(24)20(13-17)33(30,31)28-12-11-16-7-5-6-8-18(16)14-28/h5-10,13,15H,3-4,11-12,14H2,1-2H3,(H,25,27,29). The Balaban J connectivity index is 1.56. The molecule has 0 spiro atoms. The Hall–Kier alpha value is -2.33. The molecular formula is C23H25ClN4O3S2. The van der Waals surface area contributed by atoms with Crippen molar-refractivity contribution < 1.29 is 13.2 Å². The number of sulfonamides is 1. The van der Waals surface area contributed by atoms with E-state index in [1.807, 2.05) is 24.3 Å². The van der Waals surface area contributed by atoms with E-state index in [1.165, 1.54) is 33.8 Å². The Morgan fingerprint density at radius 3 is 2.61 bits per heavy atom. The van der Waals surface area contributed by atoms with Gasteiger partial charge >= 0.3 is 0 Å². The van der Waals surface area contributed by atoms with Crippen molar-refractivity contribution in [3.8, 4) is 0 Å². The van der Waals surface area contributed by atoms with Crippen molar-refractivity contribution in [3.63, 3.8) is 0 Å². The molecule has 1 aliphatic rings. The van der Waals surface area contributed by atoms with Crippen molar-refractivity contribution in [1.82, 2.24) is 14.5 Å². The normalized spacial score (nSPS) is 14.3. The first-order chi connectivity index (χ1) is 15.8. The van der Waals surface area contributed by atoms with Crippen LogP contribution in [0.3, 0.4) is 0 Å². The van der Waals surface area contributed by atoms with Gasteiger partial charge in [0.2, 0.25) is 15.2 Å². The molecule has 1 aliphatic heterocycles. The zero-order valence-corrected chi connectivity index (χ0v) is 20.8. The lowest BCUT2D eigenvalue weighted by Crippen LogP contribution is -2.36. The van der Waals surface area contributed by atoms with Crippen molar-refractivity contribution in [1.29, 1.82) is 0 Å². The Bertz CT molecular complexity index is 1270. The molecule has 10 heteroatoms. The molecule has 0 radical (unpaired) electrons. The first-order valence-corrected chi connectivity index (χ1v) is 13.5. The molecule has 0 atom stereocenters. The number of nitrogens with zero attached hydrogens (tertiary/aromatic N) is 3. The minimum absolute atomic E-state index is 0.0776. The van der Waals surface area contributed by atoms with E-state index in [4.69, 9.17) is 11.6 Å². The third-order valence-electron chi connectivity index (χ3n) is 5.90. The predicted molar refractivity (Wildman–Crippen MR) is 130 cm³/mol. The first kappa shape index (κ1) is 23.8. The number of amides is 1. The smallest absolute Gasteiger partial charge is 0.257 e. The lowest BCUT2D eigenvalue weighted by atomic mass is 10.0. The fourth-order valence-corrected chi connectivity index (χ4v) is 6.84. The zero-order chi connectivity index (χ0) is 23.6. The van der Waals surface area contributed by atoms with E-state index in [1.54, 1.807) is 0 Å². The van der Waals surface area contributed by atoms with E-state index in [-0.39, 0.29) is 22.0 Å². The number of aromatic nitrogens is 2. The van der Waals surface area contributed by atoms with Crippen molar-refractivity contribution in [2.75, 3.05) is 11.9 Å². The lowest BCUT2D eigenvalue weighted by Gasteiger charge is -2.28. The molecule has 0 fully saturated rings. The number of hydrogen-bond donors (Lipinski definition) is 1. The molecule has 0 unspecified atom stereocenters. The van der Waals surface area contributed by atoms with Gasteiger partial charge in [0.05, 0.1) is 5.02 Å². The third-order valence-corrected chi connectivity index (χ3v) is 9.23. The second kappa shape index (κ2) is 9.89. The van der Waals surface area contributed by atoms with Gasteiger partial charge in [-0.3, -0.25) is 10.1 Å². The number of fused-ring (bicyclic) bond motifs is 1. The van der Waals surface area contributed by atoms with Crippen LogP contribution < -0.4 is 5.32 Å². The molecule has 33 heavy (non-hydrogen) atoms. The lowest BCUT2D eigenvalue weighted by molar-refractivity contribution is 0.102. The van der Waals surface area contributed by atoms with E-state index < -0.39 is 15.9 Å². The number of hydrogen-bond acceptors (Lipinski definition) is 6. The van der Waals surface area contributed by atoms with Gasteiger partial charge < -0.3 is 0 Å². The highest BCUT2D eigenvalue weighted by atomic mass is 35.5. The maximum atomic E-state index is 13.4. The van der Waals surface area contributed by atoms with E-state index in [9.17, 15) is 13.2 Å². The summed E-state index contributed by atoms with van der Waals surface area (Å²) in [5.74, 6) is -0.158. The highest BCUT2D eigenvalue weighted by Gasteiger charge is 2.30. The van der Waals surface area contributed by atoms with E-state index >= 15 is 0 Å². The minimum atomic E-state index is -3.88. The maximum absolute atomic E-state index is 13.4. The van der Waals surface area contributed by atoms with Gasteiger partial charge in [0.1, 0.15) is 9.90 Å². The largest absolute Gasteiger partial charge is 0.296 e. The van der Waals surface area contributed by atoms with Crippen LogP contribution in [0.5, 0.6) is 0 Å². The summed E-state index contributed by atoms with van der Waals surface area (Å²) in [6.07, 6.45) is 2.51. The quantitative estimate of drug-likeness (QED) is 0.483. The number of nitrogens with one attached hydrogen (secondary N) is 1. The fraction of sp³-hybridized carbons (Fsp3) is 0.348. The van der Waals surface area contributed by atoms with Crippen LogP contribution in [0.25, 0.3) is 0 Å². The summed E-state index contributed by atoms with van der Waals surface area (Å²) in [6.45, 7) is 4.80. The Morgan fingerprint density at radius 1 is 1.15 bits per heavy atom. The number of rotatable bonds is 7. The highest BCUT2D eigenvalue weighted by Crippen LogP contribution is 2.31. The fourth-order valence-electron chi connectivity index (χ4n) is 3.91. The van der Waals surface area contributed by atoms with Crippen LogP contribution in [0.15, 0.2) is 47.4 Å². The van der Waals surface area contributed by atoms with Gasteiger partial charge in [-0.15, -0.1) is 10.2 Å². The molecule has 1 N–H and O–H groups in total. The van der Waals surface area contributed by atoms with Crippen LogP contribution in [-0.4, -0.2) is 35.4 Å². The summed E-state index contributed by atoms with van der Waals surface area (Å²) in [6, 6.07) is 12.1. The molecule has 174 valence electrons. The Morgan fingerprint density at radius 2 is 1.88 bits per heavy atom. The minimum Gasteiger partial charge on any atom is -0.296 e. The molecule has 1 amide bonds. The molecule has 7 nitrogen and oxygen atoms in total. The van der Waals surface area contributed by atoms with Gasteiger partial charge in [-0.25, -0.2) is 8.42 Å². The molecule has 2 aromatic carbocycles. The molecule has 4 rings (SSSR count). The third kappa shape index (κ3) is 4.96. The van der Waals surface area contributed by atoms with E-state index in [2.05, 4.69) is 29.4 Å². The molecule has 1 aromatic heterocycles. The number of halogens is 1. The molecule has 0 bridgehead atoms. The highest BCUT2D eigenvalue weighted by molar-refractivity contribution is 7.89. The number of carbonyl (C=O) groups is 1. The number of anilines is 1. The second-order valence-electron chi connectivity index (χ2n) is 7.92. The molecule has 0 aliphatic carbocycles. The van der Waals surface area contributed by atoms with Gasteiger partial charge in [-0.05, 0) is 48.6 Å². The van der Waals surface area contributed by atoms with Crippen molar-refractivity contribution in [2.45, 2.75) is 50.5 Å². The van der Waals surface area contributed by atoms with Crippen molar-refractivity contribution in [2.24, 2.45) is 0 Å². The maximum Gasteiger partial charge on any atom is 0.257 e. The SMILES string of the molecule is CCC(CC)c1nnc(NC(=O)c2ccc(Cl)c(S(=O)(=O)N3CCc4ccccc4C3)c2)s1. The molecular weight excluding hydrogens is 480 g/mol. The van der Waals surface area contributed by atoms with Gasteiger partial charge in [0.25, 0.3) is 5.91 Å². The summed E-state index contributed by atoms with van der Waals surface area (Å²) in [5.41, 5.74) is 2.31. The summed E-state index contributed by atoms with van der Waals surface area (Å²) in [5, 5.41) is 12.3. The van der Waals surface area contributed by atoms with Crippen LogP contribution in [0, 0.1) is 0 Å². The van der Waals surface area contributed by atoms with Crippen molar-refractivity contribution >= 4 is 44.0 Å². The van der Waals surface area contributed by atoms with E-state index in [0.29, 0.717) is 24.0 Å². The van der Waals surface area contributed by atoms with Crippen LogP contribution in [-0.2, 0) is 23.0 Å². The summed E-state index contributed by atoms with van der Waals surface area (Å²) in [4.78, 5) is 12.8. The molecule has 2 heterocycles. The van der Waals surface area contributed by atoms with Crippen LogP contribution in [0.2, 0.25) is 5.02 Å². The zero-order valence-electron chi connectivity index (χ0n) is 18.4. The predicted octanol–water partition coefficient (Wildman–Crippen LogP) is 5.09. The monoisotopic (exact) mass is 504 g/mol. The Kier molecular flexibility index (Phi) is 7.13. The molecule has 0 saturated heterocycles. The Labute approximate surface area is 202 Å².